The monoisotopic (exact) mass is 409 g/mol. The molecule has 0 aliphatic carbocycles. The van der Waals surface area contributed by atoms with Gasteiger partial charge in [0.05, 0.1) is 6.20 Å². The topological polar surface area (TPSA) is 113 Å². The highest BCUT2D eigenvalue weighted by Gasteiger charge is 2.38. The van der Waals surface area contributed by atoms with Crippen LogP contribution < -0.4 is 5.32 Å². The van der Waals surface area contributed by atoms with Crippen molar-refractivity contribution in [3.63, 3.8) is 0 Å². The number of aromatic nitrogens is 4. The summed E-state index contributed by atoms with van der Waals surface area (Å²) >= 11 is 0. The first kappa shape index (κ1) is 21.7. The van der Waals surface area contributed by atoms with Crippen LogP contribution in [0.25, 0.3) is 11.4 Å². The highest BCUT2D eigenvalue weighted by Crippen LogP contribution is 2.16. The zero-order valence-corrected chi connectivity index (χ0v) is 15.3. The van der Waals surface area contributed by atoms with Gasteiger partial charge in [-0.05, 0) is 19.1 Å². The fraction of sp³-hybridized carbons (Fsp3) is 0.222. The fourth-order valence-corrected chi connectivity index (χ4v) is 2.19. The van der Waals surface area contributed by atoms with E-state index < -0.39 is 12.1 Å². The van der Waals surface area contributed by atoms with Gasteiger partial charge < -0.3 is 15.4 Å². The van der Waals surface area contributed by atoms with Gasteiger partial charge in [-0.3, -0.25) is 9.48 Å². The zero-order valence-electron chi connectivity index (χ0n) is 15.3. The summed E-state index contributed by atoms with van der Waals surface area (Å²) < 4.78 is 33.6. The van der Waals surface area contributed by atoms with Gasteiger partial charge in [-0.15, -0.1) is 0 Å². The molecule has 0 unspecified atom stereocenters. The molecule has 0 atom stereocenters. The minimum Gasteiger partial charge on any atom is -0.475 e. The van der Waals surface area contributed by atoms with Crippen LogP contribution in [0.2, 0.25) is 0 Å². The van der Waals surface area contributed by atoms with E-state index in [1.165, 1.54) is 0 Å². The molecule has 2 aromatic heterocycles. The van der Waals surface area contributed by atoms with E-state index in [9.17, 15) is 18.0 Å². The van der Waals surface area contributed by atoms with Crippen LogP contribution in [0.5, 0.6) is 0 Å². The van der Waals surface area contributed by atoms with Crippen LogP contribution in [0.4, 0.5) is 13.2 Å². The van der Waals surface area contributed by atoms with Gasteiger partial charge in [0.1, 0.15) is 5.82 Å². The van der Waals surface area contributed by atoms with Gasteiger partial charge in [0, 0.05) is 48.4 Å². The van der Waals surface area contributed by atoms with Gasteiger partial charge in [0.15, 0.2) is 0 Å². The predicted molar refractivity (Wildman–Crippen MR) is 96.8 cm³/mol. The summed E-state index contributed by atoms with van der Waals surface area (Å²) in [6, 6.07) is 7.38. The number of alkyl halides is 3. The molecule has 11 heteroatoms. The van der Waals surface area contributed by atoms with E-state index in [1.54, 1.807) is 24.7 Å². The van der Waals surface area contributed by atoms with Crippen molar-refractivity contribution in [1.29, 1.82) is 0 Å². The molecule has 3 N–H and O–H groups in total. The van der Waals surface area contributed by atoms with Gasteiger partial charge in [0.2, 0.25) is 0 Å². The van der Waals surface area contributed by atoms with Crippen molar-refractivity contribution in [3.8, 4) is 11.4 Å². The van der Waals surface area contributed by atoms with Crippen LogP contribution in [0.1, 0.15) is 22.8 Å². The van der Waals surface area contributed by atoms with Crippen molar-refractivity contribution in [2.45, 2.75) is 26.2 Å². The van der Waals surface area contributed by atoms with E-state index >= 15 is 0 Å². The Morgan fingerprint density at radius 1 is 1.31 bits per heavy atom. The van der Waals surface area contributed by atoms with Crippen molar-refractivity contribution in [1.82, 2.24) is 25.1 Å². The fourth-order valence-electron chi connectivity index (χ4n) is 2.19. The SMILES string of the molecule is CCn1cc(CNC(=O)c2cccc(-c3ncc[nH]3)c2)cn1.O=C(O)C(F)(F)F. The number of halogens is 3. The summed E-state index contributed by atoms with van der Waals surface area (Å²) in [7, 11) is 0. The number of hydrogen-bond donors (Lipinski definition) is 3. The molecule has 0 spiro atoms. The lowest BCUT2D eigenvalue weighted by atomic mass is 10.1. The number of H-pyrrole nitrogens is 1. The number of carbonyl (C=O) groups excluding carboxylic acids is 1. The summed E-state index contributed by atoms with van der Waals surface area (Å²) in [6.45, 7) is 3.30. The van der Waals surface area contributed by atoms with Crippen molar-refractivity contribution in [2.24, 2.45) is 0 Å². The van der Waals surface area contributed by atoms with Gasteiger partial charge in [-0.1, -0.05) is 12.1 Å². The predicted octanol–water partition coefficient (Wildman–Crippen LogP) is 2.86. The summed E-state index contributed by atoms with van der Waals surface area (Å²) in [5.41, 5.74) is 2.48. The minimum absolute atomic E-state index is 0.113. The van der Waals surface area contributed by atoms with E-state index in [1.807, 2.05) is 36.0 Å². The number of aliphatic carboxylic acids is 1. The molecule has 3 aromatic rings. The highest BCUT2D eigenvalue weighted by molar-refractivity contribution is 5.95. The van der Waals surface area contributed by atoms with Gasteiger partial charge in [-0.25, -0.2) is 9.78 Å². The first-order chi connectivity index (χ1) is 13.7. The first-order valence-corrected chi connectivity index (χ1v) is 8.40. The molecule has 0 saturated heterocycles. The molecular weight excluding hydrogens is 391 g/mol. The molecule has 0 saturated carbocycles. The quantitative estimate of drug-likeness (QED) is 0.600. The normalized spacial score (nSPS) is 10.8. The van der Waals surface area contributed by atoms with E-state index in [0.29, 0.717) is 12.1 Å². The molecule has 0 radical (unpaired) electrons. The number of hydrogen-bond acceptors (Lipinski definition) is 4. The van der Waals surface area contributed by atoms with Crippen LogP contribution in [0, 0.1) is 0 Å². The number of benzene rings is 1. The first-order valence-electron chi connectivity index (χ1n) is 8.40. The molecule has 1 amide bonds. The molecule has 0 aliphatic heterocycles. The number of nitrogens with zero attached hydrogens (tertiary/aromatic N) is 3. The Morgan fingerprint density at radius 2 is 2.03 bits per heavy atom. The van der Waals surface area contributed by atoms with E-state index in [-0.39, 0.29) is 5.91 Å². The Balaban J connectivity index is 0.000000370. The van der Waals surface area contributed by atoms with Crippen molar-refractivity contribution in [3.05, 3.63) is 60.2 Å². The maximum Gasteiger partial charge on any atom is 0.490 e. The van der Waals surface area contributed by atoms with Gasteiger partial charge in [0.25, 0.3) is 5.91 Å². The molecule has 29 heavy (non-hydrogen) atoms. The standard InChI is InChI=1S/C16H17N5O.C2HF3O2/c1-2-21-11-12(10-20-21)9-19-16(22)14-5-3-4-13(8-14)15-17-6-7-18-15;3-2(4,5)1(6)7/h3-8,10-11H,2,9H2,1H3,(H,17,18)(H,19,22);(H,6,7). The Hall–Kier alpha value is -3.63. The van der Waals surface area contributed by atoms with Crippen LogP contribution in [0.15, 0.2) is 49.1 Å². The molecule has 0 bridgehead atoms. The molecule has 0 aliphatic rings. The Labute approximate surface area is 163 Å². The summed E-state index contributed by atoms with van der Waals surface area (Å²) in [6.07, 6.45) is 2.06. The number of carboxylic acids is 1. The van der Waals surface area contributed by atoms with E-state index in [2.05, 4.69) is 20.4 Å². The smallest absolute Gasteiger partial charge is 0.475 e. The summed E-state index contributed by atoms with van der Waals surface area (Å²) in [4.78, 5) is 28.4. The molecule has 1 aromatic carbocycles. The molecule has 2 heterocycles. The third-order valence-electron chi connectivity index (χ3n) is 3.60. The molecule has 0 fully saturated rings. The average molecular weight is 409 g/mol. The maximum absolute atomic E-state index is 12.2. The lowest BCUT2D eigenvalue weighted by molar-refractivity contribution is -0.192. The van der Waals surface area contributed by atoms with E-state index in [4.69, 9.17) is 9.90 Å². The Bertz CT molecular complexity index is 952. The zero-order chi connectivity index (χ0) is 21.4. The second-order valence-electron chi connectivity index (χ2n) is 5.71. The van der Waals surface area contributed by atoms with E-state index in [0.717, 1.165) is 23.5 Å². The number of rotatable bonds is 5. The highest BCUT2D eigenvalue weighted by atomic mass is 19.4. The Morgan fingerprint density at radius 3 is 2.59 bits per heavy atom. The van der Waals surface area contributed by atoms with Crippen LogP contribution in [0.3, 0.4) is 0 Å². The van der Waals surface area contributed by atoms with Crippen molar-refractivity contribution < 1.29 is 27.9 Å². The number of nitrogens with one attached hydrogen (secondary N) is 2. The lowest BCUT2D eigenvalue weighted by Crippen LogP contribution is -2.22. The number of carbonyl (C=O) groups is 2. The largest absolute Gasteiger partial charge is 0.490 e. The average Bonchev–Trinajstić information content (AvgIpc) is 3.38. The second-order valence-corrected chi connectivity index (χ2v) is 5.71. The Kier molecular flexibility index (Phi) is 7.12. The van der Waals surface area contributed by atoms with Gasteiger partial charge in [-0.2, -0.15) is 18.3 Å². The number of carboxylic acid groups (broad SMARTS) is 1. The summed E-state index contributed by atoms with van der Waals surface area (Å²) in [5.74, 6) is -2.12. The second kappa shape index (κ2) is 9.53. The third kappa shape index (κ3) is 6.48. The molecule has 154 valence electrons. The number of imidazole rings is 1. The molecule has 3 rings (SSSR count). The molecule has 8 nitrogen and oxygen atoms in total. The van der Waals surface area contributed by atoms with Crippen molar-refractivity contribution in [2.75, 3.05) is 0 Å². The number of aromatic amines is 1. The number of aryl methyl sites for hydroxylation is 1. The third-order valence-corrected chi connectivity index (χ3v) is 3.60. The lowest BCUT2D eigenvalue weighted by Gasteiger charge is -2.05. The van der Waals surface area contributed by atoms with Crippen LogP contribution in [-0.4, -0.2) is 42.9 Å². The number of amides is 1. The van der Waals surface area contributed by atoms with Crippen molar-refractivity contribution >= 4 is 11.9 Å². The maximum atomic E-state index is 12.2. The summed E-state index contributed by atoms with van der Waals surface area (Å²) in [5, 5.41) is 14.2. The van der Waals surface area contributed by atoms with Crippen LogP contribution >= 0.6 is 0 Å². The minimum atomic E-state index is -5.08. The van der Waals surface area contributed by atoms with Crippen LogP contribution in [-0.2, 0) is 17.9 Å². The molecular formula is C18H18F3N5O3. The van der Waals surface area contributed by atoms with Gasteiger partial charge >= 0.3 is 12.1 Å².